The molecule has 3 N–H and O–H groups in total. The largest absolute Gasteiger partial charge is 0.444 e. The summed E-state index contributed by atoms with van der Waals surface area (Å²) in [6.45, 7) is 5.10. The van der Waals surface area contributed by atoms with E-state index < -0.39 is 23.4 Å². The molecule has 1 rings (SSSR count). The second-order valence-electron chi connectivity index (χ2n) is 5.46. The van der Waals surface area contributed by atoms with Crippen LogP contribution in [0.15, 0.2) is 18.2 Å². The number of halogens is 3. The topological polar surface area (TPSA) is 64.3 Å². The molecule has 0 spiro atoms. The van der Waals surface area contributed by atoms with Crippen LogP contribution in [0.5, 0.6) is 0 Å². The zero-order valence-electron chi connectivity index (χ0n) is 12.5. The van der Waals surface area contributed by atoms with E-state index in [1.54, 1.807) is 20.8 Å². The number of carbonyl (C=O) groups is 1. The van der Waals surface area contributed by atoms with E-state index in [4.69, 9.17) is 10.5 Å². The van der Waals surface area contributed by atoms with Gasteiger partial charge < -0.3 is 15.8 Å². The van der Waals surface area contributed by atoms with Gasteiger partial charge in [0.15, 0.2) is 0 Å². The van der Waals surface area contributed by atoms with Gasteiger partial charge >= 0.3 is 12.3 Å². The van der Waals surface area contributed by atoms with Gasteiger partial charge in [-0.15, -0.1) is 0 Å². The number of alkyl halides is 3. The molecule has 0 aromatic heterocycles. The third-order valence-electron chi connectivity index (χ3n) is 2.31. The number of nitrogens with one attached hydrogen (secondary N) is 1. The number of amides is 1. The monoisotopic (exact) mass is 314 g/mol. The Kier molecular flexibility index (Phi) is 5.31. The minimum Gasteiger partial charge on any atom is -0.444 e. The lowest BCUT2D eigenvalue weighted by Crippen LogP contribution is -2.32. The molecular formula is C15H17F3N2O2. The number of alkyl carbamates (subject to hydrolysis) is 1. The number of nitrogen functional groups attached to an aromatic ring is 1. The van der Waals surface area contributed by atoms with Crippen molar-refractivity contribution in [3.63, 3.8) is 0 Å². The van der Waals surface area contributed by atoms with E-state index in [0.29, 0.717) is 0 Å². The van der Waals surface area contributed by atoms with E-state index in [1.165, 1.54) is 6.07 Å². The summed E-state index contributed by atoms with van der Waals surface area (Å²) in [4.78, 5) is 11.3. The van der Waals surface area contributed by atoms with Gasteiger partial charge in [0.2, 0.25) is 0 Å². The molecular weight excluding hydrogens is 297 g/mol. The molecule has 0 unspecified atom stereocenters. The zero-order chi connectivity index (χ0) is 17.0. The molecule has 0 aliphatic rings. The van der Waals surface area contributed by atoms with Crippen LogP contribution in [0.3, 0.4) is 0 Å². The average molecular weight is 314 g/mol. The van der Waals surface area contributed by atoms with Crippen molar-refractivity contribution < 1.29 is 22.7 Å². The molecule has 0 heterocycles. The first-order valence-electron chi connectivity index (χ1n) is 6.41. The van der Waals surface area contributed by atoms with Gasteiger partial charge in [-0.1, -0.05) is 11.8 Å². The van der Waals surface area contributed by atoms with Crippen LogP contribution < -0.4 is 11.1 Å². The number of hydrogen-bond acceptors (Lipinski definition) is 3. The third-order valence-corrected chi connectivity index (χ3v) is 2.31. The molecule has 0 fully saturated rings. The van der Waals surface area contributed by atoms with Crippen LogP contribution >= 0.6 is 0 Å². The molecule has 120 valence electrons. The number of ether oxygens (including phenoxy) is 1. The fourth-order valence-corrected chi connectivity index (χ4v) is 1.46. The quantitative estimate of drug-likeness (QED) is 0.618. The van der Waals surface area contributed by atoms with Gasteiger partial charge in [0.25, 0.3) is 0 Å². The number of carbonyl (C=O) groups excluding carboxylic acids is 1. The van der Waals surface area contributed by atoms with Gasteiger partial charge in [-0.05, 0) is 39.0 Å². The summed E-state index contributed by atoms with van der Waals surface area (Å²) in [5, 5.41) is 2.38. The lowest BCUT2D eigenvalue weighted by molar-refractivity contribution is -0.136. The summed E-state index contributed by atoms with van der Waals surface area (Å²) in [7, 11) is 0. The first-order chi connectivity index (χ1) is 9.99. The van der Waals surface area contributed by atoms with Gasteiger partial charge in [-0.3, -0.25) is 0 Å². The Morgan fingerprint density at radius 3 is 2.50 bits per heavy atom. The Labute approximate surface area is 126 Å². The molecule has 1 aromatic carbocycles. The van der Waals surface area contributed by atoms with Crippen LogP contribution in [0.25, 0.3) is 0 Å². The number of rotatable bonds is 1. The van der Waals surface area contributed by atoms with E-state index in [1.807, 2.05) is 0 Å². The maximum absolute atomic E-state index is 12.7. The molecule has 0 atom stereocenters. The predicted octanol–water partition coefficient (Wildman–Crippen LogP) is 3.16. The highest BCUT2D eigenvalue weighted by Gasteiger charge is 2.32. The molecule has 0 saturated carbocycles. The molecule has 1 aromatic rings. The van der Waals surface area contributed by atoms with E-state index in [-0.39, 0.29) is 17.8 Å². The predicted molar refractivity (Wildman–Crippen MR) is 77.0 cm³/mol. The van der Waals surface area contributed by atoms with Crippen molar-refractivity contribution in [1.29, 1.82) is 0 Å². The molecule has 4 nitrogen and oxygen atoms in total. The Hall–Kier alpha value is -2.36. The Balaban J connectivity index is 2.68. The van der Waals surface area contributed by atoms with Crippen molar-refractivity contribution in [2.24, 2.45) is 0 Å². The summed E-state index contributed by atoms with van der Waals surface area (Å²) in [6, 6.07) is 3.40. The summed E-state index contributed by atoms with van der Waals surface area (Å²) in [6.07, 6.45) is -5.17. The van der Waals surface area contributed by atoms with Crippen LogP contribution in [0.2, 0.25) is 0 Å². The second-order valence-corrected chi connectivity index (χ2v) is 5.46. The van der Waals surface area contributed by atoms with Crippen LogP contribution in [-0.4, -0.2) is 18.2 Å². The number of anilines is 1. The highest BCUT2D eigenvalue weighted by molar-refractivity contribution is 5.68. The first-order valence-corrected chi connectivity index (χ1v) is 6.41. The molecule has 0 saturated heterocycles. The molecule has 7 heteroatoms. The molecule has 0 aliphatic carbocycles. The smallest absolute Gasteiger partial charge is 0.418 e. The Morgan fingerprint density at radius 1 is 1.32 bits per heavy atom. The summed E-state index contributed by atoms with van der Waals surface area (Å²) < 4.78 is 43.0. The van der Waals surface area contributed by atoms with E-state index >= 15 is 0 Å². The fraction of sp³-hybridized carbons (Fsp3) is 0.400. The van der Waals surface area contributed by atoms with Crippen molar-refractivity contribution >= 4 is 11.8 Å². The van der Waals surface area contributed by atoms with E-state index in [2.05, 4.69) is 17.2 Å². The standard InChI is InChI=1S/C15H17F3N2O2/c1-14(2,3)22-13(21)20-8-4-5-10-6-7-12(19)11(9-10)15(16,17)18/h6-7,9H,8,19H2,1-3H3,(H,20,21). The first kappa shape index (κ1) is 17.7. The Bertz CT molecular complexity index is 608. The summed E-state index contributed by atoms with van der Waals surface area (Å²) in [5.74, 6) is 5.07. The van der Waals surface area contributed by atoms with Gasteiger partial charge in [0.05, 0.1) is 12.1 Å². The summed E-state index contributed by atoms with van der Waals surface area (Å²) in [5.41, 5.74) is 3.53. The van der Waals surface area contributed by atoms with E-state index in [9.17, 15) is 18.0 Å². The molecule has 0 bridgehead atoms. The highest BCUT2D eigenvalue weighted by atomic mass is 19.4. The van der Waals surface area contributed by atoms with Crippen LogP contribution in [0, 0.1) is 11.8 Å². The highest BCUT2D eigenvalue weighted by Crippen LogP contribution is 2.33. The van der Waals surface area contributed by atoms with Gasteiger partial charge in [0, 0.05) is 11.3 Å². The third kappa shape index (κ3) is 5.95. The number of nitrogens with two attached hydrogens (primary N) is 1. The number of benzene rings is 1. The van der Waals surface area contributed by atoms with Crippen molar-refractivity contribution in [3.05, 3.63) is 29.3 Å². The van der Waals surface area contributed by atoms with Crippen LogP contribution in [-0.2, 0) is 10.9 Å². The van der Waals surface area contributed by atoms with Crippen LogP contribution in [0.1, 0.15) is 31.9 Å². The minimum absolute atomic E-state index is 0.0410. The molecule has 22 heavy (non-hydrogen) atoms. The lowest BCUT2D eigenvalue weighted by Gasteiger charge is -2.19. The number of hydrogen-bond donors (Lipinski definition) is 2. The maximum atomic E-state index is 12.7. The van der Waals surface area contributed by atoms with Crippen molar-refractivity contribution in [2.75, 3.05) is 12.3 Å². The van der Waals surface area contributed by atoms with E-state index in [0.717, 1.165) is 12.1 Å². The Morgan fingerprint density at radius 2 is 1.95 bits per heavy atom. The van der Waals surface area contributed by atoms with Gasteiger partial charge in [-0.25, -0.2) is 4.79 Å². The van der Waals surface area contributed by atoms with Gasteiger partial charge in [0.1, 0.15) is 5.60 Å². The fourth-order valence-electron chi connectivity index (χ4n) is 1.46. The normalized spacial score (nSPS) is 11.4. The lowest BCUT2D eigenvalue weighted by atomic mass is 10.1. The average Bonchev–Trinajstić information content (AvgIpc) is 2.33. The van der Waals surface area contributed by atoms with Gasteiger partial charge in [-0.2, -0.15) is 13.2 Å². The molecule has 0 aliphatic heterocycles. The van der Waals surface area contributed by atoms with Crippen molar-refractivity contribution in [3.8, 4) is 11.8 Å². The maximum Gasteiger partial charge on any atom is 0.418 e. The van der Waals surface area contributed by atoms with Crippen molar-refractivity contribution in [2.45, 2.75) is 32.5 Å². The zero-order valence-corrected chi connectivity index (χ0v) is 12.5. The van der Waals surface area contributed by atoms with Crippen LogP contribution in [0.4, 0.5) is 23.7 Å². The molecule has 0 radical (unpaired) electrons. The second kappa shape index (κ2) is 6.60. The molecule has 1 amide bonds. The summed E-state index contributed by atoms with van der Waals surface area (Å²) >= 11 is 0. The SMILES string of the molecule is CC(C)(C)OC(=O)NCC#Cc1ccc(N)c(C(F)(F)F)c1. The minimum atomic E-state index is -4.53. The van der Waals surface area contributed by atoms with Crippen molar-refractivity contribution in [1.82, 2.24) is 5.32 Å².